The molecule has 0 spiro atoms. The number of anilines is 2. The van der Waals surface area contributed by atoms with E-state index in [2.05, 4.69) is 20.7 Å². The van der Waals surface area contributed by atoms with Crippen LogP contribution < -0.4 is 16.4 Å². The highest BCUT2D eigenvalue weighted by Crippen LogP contribution is 2.13. The van der Waals surface area contributed by atoms with Gasteiger partial charge in [0.15, 0.2) is 0 Å². The van der Waals surface area contributed by atoms with E-state index in [4.69, 9.17) is 5.73 Å². The average Bonchev–Trinajstić information content (AvgIpc) is 2.75. The van der Waals surface area contributed by atoms with Crippen LogP contribution in [0.3, 0.4) is 0 Å². The van der Waals surface area contributed by atoms with Crippen LogP contribution in [0.4, 0.5) is 16.3 Å². The number of carbonyl (C=O) groups excluding carboxylic acids is 1. The maximum Gasteiger partial charge on any atom is 0.319 e. The molecule has 4 N–H and O–H groups in total. The van der Waals surface area contributed by atoms with Crippen LogP contribution >= 0.6 is 0 Å². The summed E-state index contributed by atoms with van der Waals surface area (Å²) in [6.07, 6.45) is 2.55. The van der Waals surface area contributed by atoms with Crippen LogP contribution in [0.1, 0.15) is 23.9 Å². The first-order valence-corrected chi connectivity index (χ1v) is 6.78. The summed E-state index contributed by atoms with van der Waals surface area (Å²) in [5, 5.41) is 9.87. The van der Waals surface area contributed by atoms with Gasteiger partial charge in [-0.25, -0.2) is 9.78 Å². The van der Waals surface area contributed by atoms with Gasteiger partial charge in [0.1, 0.15) is 5.82 Å². The van der Waals surface area contributed by atoms with Crippen LogP contribution in [-0.4, -0.2) is 20.8 Å². The molecule has 0 aliphatic carbocycles. The van der Waals surface area contributed by atoms with Gasteiger partial charge in [-0.3, -0.25) is 4.68 Å². The van der Waals surface area contributed by atoms with Crippen LogP contribution in [0.5, 0.6) is 0 Å². The number of nitrogens with one attached hydrogen (secondary N) is 2. The Kier molecular flexibility index (Phi) is 4.42. The Labute approximate surface area is 123 Å². The second-order valence-corrected chi connectivity index (χ2v) is 4.87. The SMILES string of the molecule is CCc1nn(C)cc1NC(=O)NCc1cc(C)nc(N)c1. The number of urea groups is 1. The number of nitrogens with two attached hydrogens (primary N) is 1. The molecule has 0 radical (unpaired) electrons. The minimum absolute atomic E-state index is 0.272. The fourth-order valence-electron chi connectivity index (χ4n) is 2.12. The lowest BCUT2D eigenvalue weighted by Gasteiger charge is -2.08. The number of aryl methyl sites for hydroxylation is 3. The second-order valence-electron chi connectivity index (χ2n) is 4.87. The Bertz CT molecular complexity index is 629. The van der Waals surface area contributed by atoms with Crippen molar-refractivity contribution in [2.75, 3.05) is 11.1 Å². The summed E-state index contributed by atoms with van der Waals surface area (Å²) in [5.41, 5.74) is 9.00. The van der Waals surface area contributed by atoms with Crippen molar-refractivity contribution in [3.05, 3.63) is 35.3 Å². The van der Waals surface area contributed by atoms with Crippen LogP contribution in [0, 0.1) is 6.92 Å². The van der Waals surface area contributed by atoms with E-state index >= 15 is 0 Å². The zero-order valence-corrected chi connectivity index (χ0v) is 12.5. The van der Waals surface area contributed by atoms with Crippen molar-refractivity contribution in [1.29, 1.82) is 0 Å². The third kappa shape index (κ3) is 3.95. The van der Waals surface area contributed by atoms with Gasteiger partial charge >= 0.3 is 6.03 Å². The van der Waals surface area contributed by atoms with E-state index in [-0.39, 0.29) is 6.03 Å². The average molecular weight is 288 g/mol. The first-order valence-electron chi connectivity index (χ1n) is 6.78. The molecule has 7 nitrogen and oxygen atoms in total. The molecule has 7 heteroatoms. The molecule has 2 heterocycles. The third-order valence-electron chi connectivity index (χ3n) is 2.97. The molecule has 0 saturated heterocycles. The number of amides is 2. The number of hydrogen-bond acceptors (Lipinski definition) is 4. The Morgan fingerprint density at radius 3 is 2.86 bits per heavy atom. The number of aromatic nitrogens is 3. The monoisotopic (exact) mass is 288 g/mol. The van der Waals surface area contributed by atoms with Crippen molar-refractivity contribution >= 4 is 17.5 Å². The molecule has 2 rings (SSSR count). The lowest BCUT2D eigenvalue weighted by Crippen LogP contribution is -2.28. The van der Waals surface area contributed by atoms with E-state index in [1.807, 2.05) is 27.0 Å². The molecule has 0 atom stereocenters. The zero-order chi connectivity index (χ0) is 15.4. The maximum atomic E-state index is 11.9. The van der Waals surface area contributed by atoms with Crippen molar-refractivity contribution < 1.29 is 4.79 Å². The first kappa shape index (κ1) is 14.8. The Hall–Kier alpha value is -2.57. The number of nitrogens with zero attached hydrogens (tertiary/aromatic N) is 3. The van der Waals surface area contributed by atoms with Gasteiger partial charge in [-0.15, -0.1) is 0 Å². The normalized spacial score (nSPS) is 10.4. The van der Waals surface area contributed by atoms with Crippen molar-refractivity contribution in [3.63, 3.8) is 0 Å². The molecule has 0 saturated carbocycles. The molecular formula is C14H20N6O. The Balaban J connectivity index is 1.95. The second kappa shape index (κ2) is 6.25. The standard InChI is InChI=1S/C14H20N6O/c1-4-11-12(8-20(3)19-11)18-14(21)16-7-10-5-9(2)17-13(15)6-10/h5-6,8H,4,7H2,1-3H3,(H2,15,17)(H2,16,18,21). The molecule has 0 aromatic carbocycles. The van der Waals surface area contributed by atoms with Gasteiger partial charge < -0.3 is 16.4 Å². The summed E-state index contributed by atoms with van der Waals surface area (Å²) in [5.74, 6) is 0.452. The molecule has 21 heavy (non-hydrogen) atoms. The van der Waals surface area contributed by atoms with E-state index in [1.165, 1.54) is 0 Å². The largest absolute Gasteiger partial charge is 0.384 e. The van der Waals surface area contributed by atoms with Gasteiger partial charge in [-0.2, -0.15) is 5.10 Å². The summed E-state index contributed by atoms with van der Waals surface area (Å²) in [4.78, 5) is 16.0. The molecule has 2 amide bonds. The van der Waals surface area contributed by atoms with E-state index in [1.54, 1.807) is 16.9 Å². The highest BCUT2D eigenvalue weighted by atomic mass is 16.2. The topological polar surface area (TPSA) is 97.9 Å². The zero-order valence-electron chi connectivity index (χ0n) is 12.5. The lowest BCUT2D eigenvalue weighted by atomic mass is 10.2. The van der Waals surface area contributed by atoms with Gasteiger partial charge in [0, 0.05) is 25.5 Å². The predicted molar refractivity (Wildman–Crippen MR) is 81.8 cm³/mol. The molecule has 0 aliphatic rings. The summed E-state index contributed by atoms with van der Waals surface area (Å²) in [6.45, 7) is 4.25. The lowest BCUT2D eigenvalue weighted by molar-refractivity contribution is 0.251. The van der Waals surface area contributed by atoms with Crippen LogP contribution in [-0.2, 0) is 20.0 Å². The number of rotatable bonds is 4. The number of nitrogen functional groups attached to an aromatic ring is 1. The molecule has 112 valence electrons. The Morgan fingerprint density at radius 2 is 2.19 bits per heavy atom. The number of hydrogen-bond donors (Lipinski definition) is 3. The highest BCUT2D eigenvalue weighted by Gasteiger charge is 2.09. The molecule has 0 aliphatic heterocycles. The molecular weight excluding hydrogens is 268 g/mol. The summed E-state index contributed by atoms with van der Waals surface area (Å²) < 4.78 is 1.68. The number of carbonyl (C=O) groups is 1. The van der Waals surface area contributed by atoms with Crippen molar-refractivity contribution in [3.8, 4) is 0 Å². The smallest absolute Gasteiger partial charge is 0.319 e. The van der Waals surface area contributed by atoms with Crippen molar-refractivity contribution in [1.82, 2.24) is 20.1 Å². The summed E-state index contributed by atoms with van der Waals surface area (Å²) in [6, 6.07) is 3.36. The molecule has 0 unspecified atom stereocenters. The van der Waals surface area contributed by atoms with Gasteiger partial charge in [0.2, 0.25) is 0 Å². The minimum atomic E-state index is -0.272. The summed E-state index contributed by atoms with van der Waals surface area (Å²) in [7, 11) is 1.82. The van der Waals surface area contributed by atoms with Crippen LogP contribution in [0.25, 0.3) is 0 Å². The van der Waals surface area contributed by atoms with Crippen molar-refractivity contribution in [2.45, 2.75) is 26.8 Å². The van der Waals surface area contributed by atoms with Gasteiger partial charge in [0.05, 0.1) is 11.4 Å². The Morgan fingerprint density at radius 1 is 1.43 bits per heavy atom. The quantitative estimate of drug-likeness (QED) is 0.795. The summed E-state index contributed by atoms with van der Waals surface area (Å²) >= 11 is 0. The van der Waals surface area contributed by atoms with Gasteiger partial charge in [-0.1, -0.05) is 6.92 Å². The third-order valence-corrected chi connectivity index (χ3v) is 2.97. The fourth-order valence-corrected chi connectivity index (χ4v) is 2.12. The van der Waals surface area contributed by atoms with Gasteiger partial charge in [-0.05, 0) is 31.0 Å². The van der Waals surface area contributed by atoms with E-state index in [0.717, 1.165) is 29.1 Å². The van der Waals surface area contributed by atoms with E-state index < -0.39 is 0 Å². The predicted octanol–water partition coefficient (Wildman–Crippen LogP) is 1.59. The molecule has 2 aromatic heterocycles. The van der Waals surface area contributed by atoms with E-state index in [0.29, 0.717) is 12.4 Å². The molecule has 0 fully saturated rings. The highest BCUT2D eigenvalue weighted by molar-refractivity contribution is 5.89. The molecule has 0 bridgehead atoms. The van der Waals surface area contributed by atoms with Crippen LogP contribution in [0.2, 0.25) is 0 Å². The first-order chi connectivity index (χ1) is 9.97. The number of pyridine rings is 1. The van der Waals surface area contributed by atoms with Crippen LogP contribution in [0.15, 0.2) is 18.3 Å². The maximum absolute atomic E-state index is 11.9. The van der Waals surface area contributed by atoms with Gasteiger partial charge in [0.25, 0.3) is 0 Å². The van der Waals surface area contributed by atoms with E-state index in [9.17, 15) is 4.79 Å². The molecule has 2 aromatic rings. The minimum Gasteiger partial charge on any atom is -0.384 e. The van der Waals surface area contributed by atoms with Crippen molar-refractivity contribution in [2.24, 2.45) is 7.05 Å². The fraction of sp³-hybridized carbons (Fsp3) is 0.357.